The summed E-state index contributed by atoms with van der Waals surface area (Å²) in [5.41, 5.74) is 0. The highest BCUT2D eigenvalue weighted by Gasteiger charge is 2.19. The van der Waals surface area contributed by atoms with E-state index in [0.29, 0.717) is 19.3 Å². The first-order valence-electron chi connectivity index (χ1n) is 23.2. The van der Waals surface area contributed by atoms with Gasteiger partial charge in [0.1, 0.15) is 13.2 Å². The van der Waals surface area contributed by atoms with E-state index in [1.54, 1.807) is 0 Å². The molecule has 0 aromatic rings. The lowest BCUT2D eigenvalue weighted by atomic mass is 10.0. The van der Waals surface area contributed by atoms with Crippen LogP contribution in [0.1, 0.15) is 253 Å². The Hall–Kier alpha value is -1.59. The quantitative estimate of drug-likeness (QED) is 0.0352. The molecule has 53 heavy (non-hydrogen) atoms. The van der Waals surface area contributed by atoms with Gasteiger partial charge in [0, 0.05) is 19.3 Å². The van der Waals surface area contributed by atoms with Gasteiger partial charge in [-0.1, -0.05) is 214 Å². The number of ether oxygens (including phenoxy) is 3. The molecule has 0 fully saturated rings. The fraction of sp³-hybridized carbons (Fsp3) is 0.936. The maximum atomic E-state index is 12.7. The van der Waals surface area contributed by atoms with Gasteiger partial charge in [0.05, 0.1) is 0 Å². The van der Waals surface area contributed by atoms with E-state index in [9.17, 15) is 14.4 Å². The predicted molar refractivity (Wildman–Crippen MR) is 224 cm³/mol. The molecule has 0 aliphatic heterocycles. The predicted octanol–water partition coefficient (Wildman–Crippen LogP) is 14.6. The molecule has 0 heterocycles. The lowest BCUT2D eigenvalue weighted by Gasteiger charge is -2.18. The number of hydrogen-bond donors (Lipinski definition) is 0. The first kappa shape index (κ1) is 51.4. The lowest BCUT2D eigenvalue weighted by molar-refractivity contribution is -0.167. The van der Waals surface area contributed by atoms with Crippen LogP contribution in [0.2, 0.25) is 0 Å². The van der Waals surface area contributed by atoms with Gasteiger partial charge >= 0.3 is 17.9 Å². The van der Waals surface area contributed by atoms with Gasteiger partial charge in [-0.3, -0.25) is 14.4 Å². The van der Waals surface area contributed by atoms with Crippen molar-refractivity contribution in [3.63, 3.8) is 0 Å². The zero-order valence-electron chi connectivity index (χ0n) is 36.1. The molecule has 6 heteroatoms. The van der Waals surface area contributed by atoms with Gasteiger partial charge in [0.2, 0.25) is 0 Å². The van der Waals surface area contributed by atoms with Crippen molar-refractivity contribution in [3.8, 4) is 0 Å². The number of rotatable bonds is 41. The topological polar surface area (TPSA) is 78.9 Å². The van der Waals surface area contributed by atoms with E-state index in [4.69, 9.17) is 14.2 Å². The smallest absolute Gasteiger partial charge is 0.306 e. The summed E-state index contributed by atoms with van der Waals surface area (Å²) in [6.45, 7) is 11.3. The summed E-state index contributed by atoms with van der Waals surface area (Å²) in [5, 5.41) is 0. The zero-order chi connectivity index (χ0) is 39.0. The first-order chi connectivity index (χ1) is 25.7. The fourth-order valence-electron chi connectivity index (χ4n) is 6.93. The molecule has 0 spiro atoms. The number of carbonyl (C=O) groups is 3. The Morgan fingerprint density at radius 3 is 0.925 bits per heavy atom. The van der Waals surface area contributed by atoms with Crippen molar-refractivity contribution in [2.45, 2.75) is 259 Å². The minimum Gasteiger partial charge on any atom is -0.462 e. The van der Waals surface area contributed by atoms with Crippen LogP contribution in [0.25, 0.3) is 0 Å². The zero-order valence-corrected chi connectivity index (χ0v) is 36.1. The van der Waals surface area contributed by atoms with E-state index in [0.717, 1.165) is 69.6 Å². The highest BCUT2D eigenvalue weighted by molar-refractivity contribution is 5.71. The average molecular weight is 751 g/mol. The van der Waals surface area contributed by atoms with Crippen molar-refractivity contribution in [1.29, 1.82) is 0 Å². The molecule has 0 aliphatic carbocycles. The SMILES string of the molecule is CCCCCCCCCC(=O)OC[C@@H](COC(=O)CCCCCCCCCCCCCCCC(C)C)OC(=O)CCCCCCCCCCCC(C)C. The molecule has 0 N–H and O–H groups in total. The molecule has 0 unspecified atom stereocenters. The molecule has 0 aliphatic rings. The number of unbranched alkanes of at least 4 members (excludes halogenated alkanes) is 26. The molecule has 314 valence electrons. The van der Waals surface area contributed by atoms with Crippen LogP contribution in [0, 0.1) is 11.8 Å². The molecule has 0 aromatic carbocycles. The Morgan fingerprint density at radius 1 is 0.358 bits per heavy atom. The molecule has 1 atom stereocenters. The van der Waals surface area contributed by atoms with Crippen molar-refractivity contribution < 1.29 is 28.6 Å². The Balaban J connectivity index is 4.24. The molecular formula is C47H90O6. The van der Waals surface area contributed by atoms with Crippen molar-refractivity contribution >= 4 is 17.9 Å². The summed E-state index contributed by atoms with van der Waals surface area (Å²) < 4.78 is 16.7. The van der Waals surface area contributed by atoms with Crippen LogP contribution >= 0.6 is 0 Å². The highest BCUT2D eigenvalue weighted by atomic mass is 16.6. The van der Waals surface area contributed by atoms with Gasteiger partial charge in [0.25, 0.3) is 0 Å². The third-order valence-electron chi connectivity index (χ3n) is 10.5. The van der Waals surface area contributed by atoms with Crippen LogP contribution < -0.4 is 0 Å². The van der Waals surface area contributed by atoms with E-state index < -0.39 is 6.10 Å². The Kier molecular flexibility index (Phi) is 38.9. The van der Waals surface area contributed by atoms with E-state index in [-0.39, 0.29) is 31.1 Å². The van der Waals surface area contributed by atoms with Crippen molar-refractivity contribution in [1.82, 2.24) is 0 Å². The molecule has 0 rings (SSSR count). The van der Waals surface area contributed by atoms with Crippen LogP contribution in [0.3, 0.4) is 0 Å². The second kappa shape index (κ2) is 40.1. The van der Waals surface area contributed by atoms with Crippen molar-refractivity contribution in [2.24, 2.45) is 11.8 Å². The molecule has 0 bridgehead atoms. The van der Waals surface area contributed by atoms with Gasteiger partial charge in [-0.05, 0) is 31.1 Å². The lowest BCUT2D eigenvalue weighted by Crippen LogP contribution is -2.30. The average Bonchev–Trinajstić information content (AvgIpc) is 3.12. The number of hydrogen-bond acceptors (Lipinski definition) is 6. The second-order valence-corrected chi connectivity index (χ2v) is 17.0. The van der Waals surface area contributed by atoms with Crippen LogP contribution in [-0.4, -0.2) is 37.2 Å². The normalized spacial score (nSPS) is 12.1. The van der Waals surface area contributed by atoms with E-state index in [2.05, 4.69) is 34.6 Å². The van der Waals surface area contributed by atoms with E-state index in [1.165, 1.54) is 141 Å². The minimum absolute atomic E-state index is 0.0651. The molecule has 0 saturated carbocycles. The minimum atomic E-state index is -0.759. The van der Waals surface area contributed by atoms with Crippen molar-refractivity contribution in [2.75, 3.05) is 13.2 Å². The van der Waals surface area contributed by atoms with Crippen LogP contribution in [0.15, 0.2) is 0 Å². The summed E-state index contributed by atoms with van der Waals surface area (Å²) in [4.78, 5) is 37.6. The Bertz CT molecular complexity index is 809. The monoisotopic (exact) mass is 751 g/mol. The summed E-state index contributed by atoms with van der Waals surface area (Å²) in [7, 11) is 0. The summed E-state index contributed by atoms with van der Waals surface area (Å²) in [5.74, 6) is 0.783. The highest BCUT2D eigenvalue weighted by Crippen LogP contribution is 2.17. The summed E-state index contributed by atoms with van der Waals surface area (Å²) in [6.07, 6.45) is 38.1. The molecule has 0 amide bonds. The second-order valence-electron chi connectivity index (χ2n) is 17.0. The van der Waals surface area contributed by atoms with Gasteiger partial charge in [0.15, 0.2) is 6.10 Å². The van der Waals surface area contributed by atoms with E-state index in [1.807, 2.05) is 0 Å². The summed E-state index contributed by atoms with van der Waals surface area (Å²) >= 11 is 0. The third kappa shape index (κ3) is 41.4. The van der Waals surface area contributed by atoms with Crippen LogP contribution in [0.5, 0.6) is 0 Å². The van der Waals surface area contributed by atoms with E-state index >= 15 is 0 Å². The molecular weight excluding hydrogens is 661 g/mol. The van der Waals surface area contributed by atoms with Gasteiger partial charge in [-0.15, -0.1) is 0 Å². The van der Waals surface area contributed by atoms with Crippen molar-refractivity contribution in [3.05, 3.63) is 0 Å². The molecule has 0 aromatic heterocycles. The standard InChI is InChI=1S/C47H90O6/c1-6-7-8-9-20-27-32-37-45(48)51-40-44(53-47(50)39-34-29-24-19-15-17-22-26-31-36-43(4)5)41-52-46(49)38-33-28-23-18-14-12-10-11-13-16-21-25-30-35-42(2)3/h42-44H,6-41H2,1-5H3/t44-/m0/s1. The third-order valence-corrected chi connectivity index (χ3v) is 10.5. The molecule has 0 saturated heterocycles. The number of carbonyl (C=O) groups excluding carboxylic acids is 3. The first-order valence-corrected chi connectivity index (χ1v) is 23.2. The Labute approximate surface area is 329 Å². The van der Waals surface area contributed by atoms with Crippen LogP contribution in [-0.2, 0) is 28.6 Å². The molecule has 6 nitrogen and oxygen atoms in total. The largest absolute Gasteiger partial charge is 0.462 e. The Morgan fingerprint density at radius 2 is 0.623 bits per heavy atom. The summed E-state index contributed by atoms with van der Waals surface area (Å²) in [6, 6.07) is 0. The fourth-order valence-corrected chi connectivity index (χ4v) is 6.93. The molecule has 0 radical (unpaired) electrons. The van der Waals surface area contributed by atoms with Gasteiger partial charge in [-0.2, -0.15) is 0 Å². The number of esters is 3. The van der Waals surface area contributed by atoms with Gasteiger partial charge < -0.3 is 14.2 Å². The maximum absolute atomic E-state index is 12.7. The maximum Gasteiger partial charge on any atom is 0.306 e. The van der Waals surface area contributed by atoms with Gasteiger partial charge in [-0.25, -0.2) is 0 Å². The van der Waals surface area contributed by atoms with Crippen LogP contribution in [0.4, 0.5) is 0 Å².